The second-order valence-electron chi connectivity index (χ2n) is 4.00. The minimum Gasteiger partial charge on any atom is -0.481 e. The quantitative estimate of drug-likeness (QED) is 0.423. The van der Waals surface area contributed by atoms with Crippen molar-refractivity contribution >= 4 is 17.3 Å². The molecular weight excluding hydrogens is 252 g/mol. The summed E-state index contributed by atoms with van der Waals surface area (Å²) in [6, 6.07) is 4.74. The largest absolute Gasteiger partial charge is 0.481 e. The second-order valence-corrected chi connectivity index (χ2v) is 4.00. The number of anilines is 1. The third-order valence-electron chi connectivity index (χ3n) is 2.31. The Morgan fingerprint density at radius 3 is 2.79 bits per heavy atom. The molecule has 0 aliphatic rings. The van der Waals surface area contributed by atoms with Gasteiger partial charge in [-0.2, -0.15) is 0 Å². The molecule has 0 saturated carbocycles. The molecule has 0 saturated heterocycles. The van der Waals surface area contributed by atoms with Gasteiger partial charge in [-0.05, 0) is 18.6 Å². The van der Waals surface area contributed by atoms with Crippen molar-refractivity contribution in [2.24, 2.45) is 0 Å². The number of aliphatic carboxylic acids is 1. The van der Waals surface area contributed by atoms with Gasteiger partial charge in [0.15, 0.2) is 0 Å². The van der Waals surface area contributed by atoms with Crippen LogP contribution in [0.3, 0.4) is 0 Å². The van der Waals surface area contributed by atoms with E-state index in [2.05, 4.69) is 5.32 Å². The SMILES string of the molecule is Cc1cc(NCCOCCC(=O)O)cc([N+](=O)[O-])c1. The zero-order valence-corrected chi connectivity index (χ0v) is 10.6. The number of carbonyl (C=O) groups is 1. The van der Waals surface area contributed by atoms with Crippen LogP contribution in [0.5, 0.6) is 0 Å². The summed E-state index contributed by atoms with van der Waals surface area (Å²) in [4.78, 5) is 20.5. The molecule has 0 aromatic heterocycles. The topological polar surface area (TPSA) is 102 Å². The average Bonchev–Trinajstić information content (AvgIpc) is 2.32. The molecule has 1 rings (SSSR count). The van der Waals surface area contributed by atoms with E-state index in [9.17, 15) is 14.9 Å². The van der Waals surface area contributed by atoms with Crippen molar-refractivity contribution in [2.45, 2.75) is 13.3 Å². The highest BCUT2D eigenvalue weighted by atomic mass is 16.6. The van der Waals surface area contributed by atoms with E-state index in [0.29, 0.717) is 18.8 Å². The van der Waals surface area contributed by atoms with E-state index in [1.165, 1.54) is 12.1 Å². The van der Waals surface area contributed by atoms with Gasteiger partial charge in [-0.15, -0.1) is 0 Å². The van der Waals surface area contributed by atoms with E-state index in [1.807, 2.05) is 0 Å². The van der Waals surface area contributed by atoms with E-state index in [1.54, 1.807) is 13.0 Å². The summed E-state index contributed by atoms with van der Waals surface area (Å²) >= 11 is 0. The first kappa shape index (κ1) is 14.9. The Balaban J connectivity index is 2.37. The molecule has 0 radical (unpaired) electrons. The normalized spacial score (nSPS) is 10.2. The van der Waals surface area contributed by atoms with Crippen LogP contribution in [-0.4, -0.2) is 35.8 Å². The predicted molar refractivity (Wildman–Crippen MR) is 69.4 cm³/mol. The molecule has 1 aromatic carbocycles. The second kappa shape index (κ2) is 7.32. The number of nitro groups is 1. The van der Waals surface area contributed by atoms with Crippen molar-refractivity contribution in [3.8, 4) is 0 Å². The molecule has 104 valence electrons. The van der Waals surface area contributed by atoms with Crippen LogP contribution in [-0.2, 0) is 9.53 Å². The molecule has 0 aliphatic carbocycles. The molecule has 0 aliphatic heterocycles. The van der Waals surface area contributed by atoms with E-state index in [4.69, 9.17) is 9.84 Å². The minimum absolute atomic E-state index is 0.0318. The highest BCUT2D eigenvalue weighted by Gasteiger charge is 2.07. The number of aryl methyl sites for hydroxylation is 1. The van der Waals surface area contributed by atoms with Gasteiger partial charge in [0.05, 0.1) is 24.6 Å². The fraction of sp³-hybridized carbons (Fsp3) is 0.417. The third kappa shape index (κ3) is 5.82. The van der Waals surface area contributed by atoms with Crippen LogP contribution in [0.4, 0.5) is 11.4 Å². The molecule has 7 heteroatoms. The number of nitrogens with one attached hydrogen (secondary N) is 1. The molecule has 0 heterocycles. The predicted octanol–water partition coefficient (Wildman–Crippen LogP) is 1.81. The van der Waals surface area contributed by atoms with Crippen molar-refractivity contribution in [3.05, 3.63) is 33.9 Å². The number of rotatable bonds is 8. The molecule has 0 unspecified atom stereocenters. The standard InChI is InChI=1S/C12H16N2O5/c1-9-6-10(8-11(7-9)14(17)18)13-3-5-19-4-2-12(15)16/h6-8,13H,2-5H2,1H3,(H,15,16). The van der Waals surface area contributed by atoms with Crippen molar-refractivity contribution in [1.29, 1.82) is 0 Å². The van der Waals surface area contributed by atoms with E-state index < -0.39 is 10.9 Å². The number of non-ortho nitro benzene ring substituents is 1. The van der Waals surface area contributed by atoms with Gasteiger partial charge in [-0.1, -0.05) is 0 Å². The molecule has 19 heavy (non-hydrogen) atoms. The number of nitro benzene ring substituents is 1. The molecule has 7 nitrogen and oxygen atoms in total. The number of ether oxygens (including phenoxy) is 1. The van der Waals surface area contributed by atoms with Crippen LogP contribution in [0.25, 0.3) is 0 Å². The summed E-state index contributed by atoms with van der Waals surface area (Å²) in [5.74, 6) is -0.901. The molecule has 0 amide bonds. The fourth-order valence-corrected chi connectivity index (χ4v) is 1.50. The van der Waals surface area contributed by atoms with Crippen LogP contribution in [0.1, 0.15) is 12.0 Å². The van der Waals surface area contributed by atoms with Gasteiger partial charge in [0, 0.05) is 24.4 Å². The maximum atomic E-state index is 10.7. The lowest BCUT2D eigenvalue weighted by atomic mass is 10.2. The first-order valence-corrected chi connectivity index (χ1v) is 5.78. The maximum Gasteiger partial charge on any atom is 0.305 e. The number of carboxylic acids is 1. The first-order chi connectivity index (χ1) is 8.99. The molecule has 1 aromatic rings. The van der Waals surface area contributed by atoms with Crippen LogP contribution in [0, 0.1) is 17.0 Å². The molecule has 2 N–H and O–H groups in total. The Morgan fingerprint density at radius 2 is 2.16 bits per heavy atom. The maximum absolute atomic E-state index is 10.7. The lowest BCUT2D eigenvalue weighted by Gasteiger charge is -2.07. The Labute approximate surface area is 110 Å². The van der Waals surface area contributed by atoms with Crippen molar-refractivity contribution in [3.63, 3.8) is 0 Å². The molecule has 0 fully saturated rings. The summed E-state index contributed by atoms with van der Waals surface area (Å²) in [6.07, 6.45) is -0.0318. The van der Waals surface area contributed by atoms with Crippen LogP contribution in [0.2, 0.25) is 0 Å². The number of hydrogen-bond acceptors (Lipinski definition) is 5. The zero-order chi connectivity index (χ0) is 14.3. The number of benzene rings is 1. The molecular formula is C12H16N2O5. The summed E-state index contributed by atoms with van der Waals surface area (Å²) < 4.78 is 5.10. The summed E-state index contributed by atoms with van der Waals surface area (Å²) in [6.45, 7) is 2.74. The summed E-state index contributed by atoms with van der Waals surface area (Å²) in [5, 5.41) is 22.1. The Bertz CT molecular complexity index is 461. The highest BCUT2D eigenvalue weighted by molar-refractivity contribution is 5.66. The van der Waals surface area contributed by atoms with E-state index in [0.717, 1.165) is 5.56 Å². The van der Waals surface area contributed by atoms with Crippen LogP contribution >= 0.6 is 0 Å². The highest BCUT2D eigenvalue weighted by Crippen LogP contribution is 2.20. The Hall–Kier alpha value is -2.15. The number of nitrogens with zero attached hydrogens (tertiary/aromatic N) is 1. The van der Waals surface area contributed by atoms with Gasteiger partial charge >= 0.3 is 5.97 Å². The minimum atomic E-state index is -0.901. The summed E-state index contributed by atoms with van der Waals surface area (Å²) in [7, 11) is 0. The molecule has 0 bridgehead atoms. The lowest BCUT2D eigenvalue weighted by molar-refractivity contribution is -0.384. The fourth-order valence-electron chi connectivity index (χ4n) is 1.50. The van der Waals surface area contributed by atoms with Crippen molar-refractivity contribution < 1.29 is 19.6 Å². The van der Waals surface area contributed by atoms with Gasteiger partial charge < -0.3 is 15.2 Å². The number of carboxylic acid groups (broad SMARTS) is 1. The van der Waals surface area contributed by atoms with Gasteiger partial charge in [0.2, 0.25) is 0 Å². The van der Waals surface area contributed by atoms with Gasteiger partial charge in [0.1, 0.15) is 0 Å². The summed E-state index contributed by atoms with van der Waals surface area (Å²) in [5.41, 5.74) is 1.48. The molecule has 0 atom stereocenters. The van der Waals surface area contributed by atoms with Gasteiger partial charge in [-0.25, -0.2) is 0 Å². The average molecular weight is 268 g/mol. The van der Waals surface area contributed by atoms with Crippen LogP contribution < -0.4 is 5.32 Å². The Morgan fingerprint density at radius 1 is 1.42 bits per heavy atom. The monoisotopic (exact) mass is 268 g/mol. The zero-order valence-electron chi connectivity index (χ0n) is 10.6. The van der Waals surface area contributed by atoms with Crippen LogP contribution in [0.15, 0.2) is 18.2 Å². The Kier molecular flexibility index (Phi) is 5.74. The van der Waals surface area contributed by atoms with Crippen molar-refractivity contribution in [1.82, 2.24) is 0 Å². The lowest BCUT2D eigenvalue weighted by Crippen LogP contribution is -2.11. The number of hydrogen-bond donors (Lipinski definition) is 2. The first-order valence-electron chi connectivity index (χ1n) is 5.78. The third-order valence-corrected chi connectivity index (χ3v) is 2.31. The van der Waals surface area contributed by atoms with Gasteiger partial charge in [0.25, 0.3) is 5.69 Å². The smallest absolute Gasteiger partial charge is 0.305 e. The molecule has 0 spiro atoms. The van der Waals surface area contributed by atoms with E-state index in [-0.39, 0.29) is 18.7 Å². The van der Waals surface area contributed by atoms with E-state index >= 15 is 0 Å². The van der Waals surface area contributed by atoms with Crippen molar-refractivity contribution in [2.75, 3.05) is 25.1 Å². The van der Waals surface area contributed by atoms with Gasteiger partial charge in [-0.3, -0.25) is 14.9 Å².